The zero-order valence-electron chi connectivity index (χ0n) is 17.6. The van der Waals surface area contributed by atoms with Crippen LogP contribution in [0, 0.1) is 6.92 Å². The van der Waals surface area contributed by atoms with Crippen LogP contribution in [0.2, 0.25) is 0 Å². The maximum Gasteiger partial charge on any atom is 0.350 e. The number of thiazole rings is 1. The molecular weight excluding hydrogens is 404 g/mol. The Balaban J connectivity index is 1.51. The molecule has 0 bridgehead atoms. The molecule has 0 aliphatic carbocycles. The molecule has 1 aliphatic rings. The second-order valence-corrected chi connectivity index (χ2v) is 7.87. The largest absolute Gasteiger partial charge is 0.492 e. The van der Waals surface area contributed by atoms with E-state index in [9.17, 15) is 9.59 Å². The van der Waals surface area contributed by atoms with E-state index in [0.29, 0.717) is 28.9 Å². The van der Waals surface area contributed by atoms with Gasteiger partial charge in [-0.25, -0.2) is 9.78 Å². The number of carbonyl (C=O) groups excluding carboxylic acids is 2. The SMILES string of the molecule is CCOC(=O)c1sc(NC(=O)CN2CCN(c3ccccc3OCC)CC2)nc1C. The highest BCUT2D eigenvalue weighted by Crippen LogP contribution is 2.29. The molecular formula is C21H28N4O4S. The molecule has 1 N–H and O–H groups in total. The van der Waals surface area contributed by atoms with Gasteiger partial charge in [0.1, 0.15) is 10.6 Å². The molecule has 162 valence electrons. The fourth-order valence-corrected chi connectivity index (χ4v) is 4.22. The standard InChI is InChI=1S/C21H28N4O4S/c1-4-28-17-9-7-6-8-16(17)25-12-10-24(11-13-25)14-18(26)23-21-22-15(3)19(30-21)20(27)29-5-2/h6-9H,4-5,10-14H2,1-3H3,(H,22,23,26). The van der Waals surface area contributed by atoms with Crippen LogP contribution in [-0.2, 0) is 9.53 Å². The van der Waals surface area contributed by atoms with Gasteiger partial charge < -0.3 is 19.7 Å². The quantitative estimate of drug-likeness (QED) is 0.642. The molecule has 2 aromatic rings. The van der Waals surface area contributed by atoms with Gasteiger partial charge in [0.05, 0.1) is 31.1 Å². The van der Waals surface area contributed by atoms with E-state index in [2.05, 4.69) is 26.2 Å². The second kappa shape index (κ2) is 10.4. The fraction of sp³-hybridized carbons (Fsp3) is 0.476. The lowest BCUT2D eigenvalue weighted by Gasteiger charge is -2.36. The molecule has 1 amide bonds. The first-order valence-electron chi connectivity index (χ1n) is 10.1. The fourth-order valence-electron chi connectivity index (χ4n) is 3.34. The Labute approximate surface area is 180 Å². The summed E-state index contributed by atoms with van der Waals surface area (Å²) in [5.41, 5.74) is 1.66. The Morgan fingerprint density at radius 3 is 2.57 bits per heavy atom. The number of esters is 1. The molecule has 8 nitrogen and oxygen atoms in total. The van der Waals surface area contributed by atoms with Crippen molar-refractivity contribution in [3.05, 3.63) is 34.8 Å². The number of para-hydroxylation sites is 2. The Hall–Kier alpha value is -2.65. The van der Waals surface area contributed by atoms with Crippen LogP contribution < -0.4 is 15.0 Å². The van der Waals surface area contributed by atoms with Crippen LogP contribution in [-0.4, -0.2) is 67.7 Å². The van der Waals surface area contributed by atoms with Crippen LogP contribution in [0.25, 0.3) is 0 Å². The summed E-state index contributed by atoms with van der Waals surface area (Å²) in [5, 5.41) is 3.22. The number of nitrogens with one attached hydrogen (secondary N) is 1. The lowest BCUT2D eigenvalue weighted by molar-refractivity contribution is -0.117. The van der Waals surface area contributed by atoms with Gasteiger partial charge in [0.25, 0.3) is 0 Å². The first-order valence-corrected chi connectivity index (χ1v) is 11.0. The number of hydrogen-bond acceptors (Lipinski definition) is 8. The van der Waals surface area contributed by atoms with Crippen molar-refractivity contribution >= 4 is 34.0 Å². The van der Waals surface area contributed by atoms with Gasteiger partial charge in [-0.2, -0.15) is 0 Å². The van der Waals surface area contributed by atoms with Crippen LogP contribution in [0.1, 0.15) is 29.2 Å². The van der Waals surface area contributed by atoms with E-state index in [0.717, 1.165) is 49.0 Å². The number of nitrogens with zero attached hydrogens (tertiary/aromatic N) is 3. The summed E-state index contributed by atoms with van der Waals surface area (Å²) < 4.78 is 10.7. The summed E-state index contributed by atoms with van der Waals surface area (Å²) in [6, 6.07) is 8.04. The number of amides is 1. The highest BCUT2D eigenvalue weighted by molar-refractivity contribution is 7.17. The van der Waals surface area contributed by atoms with Crippen LogP contribution in [0.5, 0.6) is 5.75 Å². The van der Waals surface area contributed by atoms with Crippen molar-refractivity contribution in [2.24, 2.45) is 0 Å². The maximum atomic E-state index is 12.5. The van der Waals surface area contributed by atoms with Gasteiger partial charge in [0, 0.05) is 26.2 Å². The minimum Gasteiger partial charge on any atom is -0.492 e. The smallest absolute Gasteiger partial charge is 0.350 e. The van der Waals surface area contributed by atoms with Crippen molar-refractivity contribution in [3.8, 4) is 5.75 Å². The average Bonchev–Trinajstić information content (AvgIpc) is 3.09. The summed E-state index contributed by atoms with van der Waals surface area (Å²) >= 11 is 1.14. The average molecular weight is 433 g/mol. The Bertz CT molecular complexity index is 878. The molecule has 1 aromatic heterocycles. The van der Waals surface area contributed by atoms with Gasteiger partial charge >= 0.3 is 5.97 Å². The number of aromatic nitrogens is 1. The lowest BCUT2D eigenvalue weighted by Crippen LogP contribution is -2.48. The number of piperazine rings is 1. The molecule has 30 heavy (non-hydrogen) atoms. The monoisotopic (exact) mass is 432 g/mol. The summed E-state index contributed by atoms with van der Waals surface area (Å²) in [7, 11) is 0. The molecule has 2 heterocycles. The van der Waals surface area contributed by atoms with Gasteiger partial charge in [-0.3, -0.25) is 9.69 Å². The van der Waals surface area contributed by atoms with E-state index in [1.807, 2.05) is 25.1 Å². The Morgan fingerprint density at radius 2 is 1.87 bits per heavy atom. The predicted octanol–water partition coefficient (Wildman–Crippen LogP) is 2.79. The third-order valence-corrected chi connectivity index (χ3v) is 5.80. The van der Waals surface area contributed by atoms with E-state index in [4.69, 9.17) is 9.47 Å². The molecule has 0 unspecified atom stereocenters. The molecule has 0 spiro atoms. The Kier molecular flexibility index (Phi) is 7.64. The van der Waals surface area contributed by atoms with Crippen molar-refractivity contribution < 1.29 is 19.1 Å². The summed E-state index contributed by atoms with van der Waals surface area (Å²) in [4.78, 5) is 33.5. The number of ether oxygens (including phenoxy) is 2. The van der Waals surface area contributed by atoms with Crippen molar-refractivity contribution in [3.63, 3.8) is 0 Å². The first kappa shape index (κ1) is 22.0. The van der Waals surface area contributed by atoms with Crippen LogP contribution >= 0.6 is 11.3 Å². The molecule has 0 atom stereocenters. The third-order valence-electron chi connectivity index (χ3n) is 4.75. The molecule has 1 saturated heterocycles. The summed E-state index contributed by atoms with van der Waals surface area (Å²) in [6.07, 6.45) is 0. The first-order chi connectivity index (χ1) is 14.5. The predicted molar refractivity (Wildman–Crippen MR) is 118 cm³/mol. The number of hydrogen-bond donors (Lipinski definition) is 1. The number of anilines is 2. The van der Waals surface area contributed by atoms with Crippen molar-refractivity contribution in [1.29, 1.82) is 0 Å². The highest BCUT2D eigenvalue weighted by Gasteiger charge is 2.22. The molecule has 1 fully saturated rings. The third kappa shape index (κ3) is 5.48. The number of benzene rings is 1. The zero-order chi connectivity index (χ0) is 21.5. The number of aryl methyl sites for hydroxylation is 1. The minimum absolute atomic E-state index is 0.137. The van der Waals surface area contributed by atoms with E-state index in [1.165, 1.54) is 0 Å². The van der Waals surface area contributed by atoms with Crippen LogP contribution in [0.15, 0.2) is 24.3 Å². The second-order valence-electron chi connectivity index (χ2n) is 6.87. The minimum atomic E-state index is -0.406. The maximum absolute atomic E-state index is 12.5. The summed E-state index contributed by atoms with van der Waals surface area (Å²) in [5.74, 6) is 0.349. The van der Waals surface area contributed by atoms with Crippen molar-refractivity contribution in [2.45, 2.75) is 20.8 Å². The Morgan fingerprint density at radius 1 is 1.13 bits per heavy atom. The zero-order valence-corrected chi connectivity index (χ0v) is 18.5. The molecule has 1 aliphatic heterocycles. The van der Waals surface area contributed by atoms with Gasteiger partial charge in [-0.15, -0.1) is 0 Å². The number of carbonyl (C=O) groups is 2. The van der Waals surface area contributed by atoms with Gasteiger partial charge in [0.2, 0.25) is 5.91 Å². The summed E-state index contributed by atoms with van der Waals surface area (Å²) in [6.45, 7) is 9.88. The molecule has 0 radical (unpaired) electrons. The highest BCUT2D eigenvalue weighted by atomic mass is 32.1. The lowest BCUT2D eigenvalue weighted by atomic mass is 10.2. The molecule has 9 heteroatoms. The molecule has 1 aromatic carbocycles. The number of rotatable bonds is 8. The van der Waals surface area contributed by atoms with E-state index in [-0.39, 0.29) is 12.5 Å². The van der Waals surface area contributed by atoms with Crippen LogP contribution in [0.4, 0.5) is 10.8 Å². The van der Waals surface area contributed by atoms with E-state index >= 15 is 0 Å². The normalized spacial score (nSPS) is 14.4. The van der Waals surface area contributed by atoms with Crippen molar-refractivity contribution in [1.82, 2.24) is 9.88 Å². The van der Waals surface area contributed by atoms with E-state index < -0.39 is 5.97 Å². The van der Waals surface area contributed by atoms with Crippen molar-refractivity contribution in [2.75, 3.05) is 56.2 Å². The molecule has 0 saturated carbocycles. The topological polar surface area (TPSA) is 84.0 Å². The molecule has 3 rings (SSSR count). The van der Waals surface area contributed by atoms with Gasteiger partial charge in [-0.1, -0.05) is 23.5 Å². The van der Waals surface area contributed by atoms with E-state index in [1.54, 1.807) is 13.8 Å². The van der Waals surface area contributed by atoms with Gasteiger partial charge in [-0.05, 0) is 32.9 Å². The van der Waals surface area contributed by atoms with Gasteiger partial charge in [0.15, 0.2) is 5.13 Å². The van der Waals surface area contributed by atoms with Crippen LogP contribution in [0.3, 0.4) is 0 Å².